The Morgan fingerprint density at radius 2 is 2.17 bits per heavy atom. The number of hydrogen-bond acceptors (Lipinski definition) is 4. The molecule has 1 amide bonds. The van der Waals surface area contributed by atoms with E-state index in [1.165, 1.54) is 0 Å². The summed E-state index contributed by atoms with van der Waals surface area (Å²) in [5, 5.41) is 5.42. The van der Waals surface area contributed by atoms with E-state index in [-0.39, 0.29) is 17.9 Å². The first-order valence-electron chi connectivity index (χ1n) is 7.90. The average molecular weight is 330 g/mol. The molecule has 0 spiro atoms. The molecule has 0 bridgehead atoms. The molecule has 4 nitrogen and oxygen atoms in total. The molecule has 2 atom stereocenters. The smallest absolute Gasteiger partial charge is 0.231 e. The van der Waals surface area contributed by atoms with Gasteiger partial charge >= 0.3 is 0 Å². The summed E-state index contributed by atoms with van der Waals surface area (Å²) in [6, 6.07) is 12.0. The maximum absolute atomic E-state index is 13.0. The van der Waals surface area contributed by atoms with Crippen LogP contribution < -0.4 is 10.1 Å². The molecule has 1 N–H and O–H groups in total. The number of hydrogen-bond donors (Lipinski definition) is 1. The Bertz CT molecular complexity index is 657. The van der Waals surface area contributed by atoms with Crippen LogP contribution in [0.5, 0.6) is 5.75 Å². The second-order valence-corrected chi connectivity index (χ2v) is 6.71. The number of nitrogens with one attached hydrogen (secondary N) is 1. The predicted octanol–water partition coefficient (Wildman–Crippen LogP) is 3.03. The number of amides is 1. The second-order valence-electron chi connectivity index (χ2n) is 5.73. The number of piperazine rings is 1. The van der Waals surface area contributed by atoms with Crippen molar-refractivity contribution < 1.29 is 9.53 Å². The molecule has 1 aromatic heterocycles. The molecule has 2 unspecified atom stereocenters. The van der Waals surface area contributed by atoms with Gasteiger partial charge in [-0.05, 0) is 24.4 Å². The highest BCUT2D eigenvalue weighted by atomic mass is 32.1. The van der Waals surface area contributed by atoms with Gasteiger partial charge in [0.15, 0.2) is 0 Å². The third-order valence-electron chi connectivity index (χ3n) is 4.36. The summed E-state index contributed by atoms with van der Waals surface area (Å²) in [5.41, 5.74) is 1.06. The Labute approximate surface area is 141 Å². The highest BCUT2D eigenvalue weighted by Crippen LogP contribution is 2.33. The van der Waals surface area contributed by atoms with E-state index in [2.05, 4.69) is 5.32 Å². The largest absolute Gasteiger partial charge is 0.496 e. The number of para-hydroxylation sites is 1. The molecule has 1 aromatic carbocycles. The van der Waals surface area contributed by atoms with Crippen molar-refractivity contribution >= 4 is 17.2 Å². The standard InChI is InChI=1S/C18H22N2O2S/c1-13(17-8-5-11-23-17)18(21)20-10-9-19-12-15(20)14-6-3-4-7-16(14)22-2/h3-8,11,13,15,19H,9-10,12H2,1-2H3. The van der Waals surface area contributed by atoms with E-state index < -0.39 is 0 Å². The minimum atomic E-state index is -0.106. The molecular formula is C18H22N2O2S. The van der Waals surface area contributed by atoms with Gasteiger partial charge in [0, 0.05) is 30.1 Å². The van der Waals surface area contributed by atoms with Gasteiger partial charge in [-0.1, -0.05) is 24.3 Å². The maximum Gasteiger partial charge on any atom is 0.231 e. The van der Waals surface area contributed by atoms with Crippen molar-refractivity contribution in [2.45, 2.75) is 18.9 Å². The van der Waals surface area contributed by atoms with Crippen molar-refractivity contribution in [1.82, 2.24) is 10.2 Å². The summed E-state index contributed by atoms with van der Waals surface area (Å²) in [5.74, 6) is 0.915. The molecule has 0 radical (unpaired) electrons. The Morgan fingerprint density at radius 1 is 1.35 bits per heavy atom. The van der Waals surface area contributed by atoms with Gasteiger partial charge < -0.3 is 15.0 Å². The molecule has 5 heteroatoms. The fourth-order valence-electron chi connectivity index (χ4n) is 3.10. The zero-order chi connectivity index (χ0) is 16.2. The van der Waals surface area contributed by atoms with Gasteiger partial charge in [0.1, 0.15) is 5.75 Å². The molecule has 2 aromatic rings. The number of carbonyl (C=O) groups excluding carboxylic acids is 1. The Balaban J connectivity index is 1.88. The van der Waals surface area contributed by atoms with Gasteiger partial charge in [-0.3, -0.25) is 4.79 Å². The van der Waals surface area contributed by atoms with E-state index in [0.717, 1.165) is 35.8 Å². The van der Waals surface area contributed by atoms with Crippen molar-refractivity contribution in [3.63, 3.8) is 0 Å². The number of carbonyl (C=O) groups is 1. The van der Waals surface area contributed by atoms with Crippen LogP contribution in [0.4, 0.5) is 0 Å². The van der Waals surface area contributed by atoms with E-state index in [4.69, 9.17) is 4.74 Å². The lowest BCUT2D eigenvalue weighted by molar-refractivity contribution is -0.135. The Hall–Kier alpha value is -1.85. The van der Waals surface area contributed by atoms with Crippen LogP contribution in [0.15, 0.2) is 41.8 Å². The molecule has 3 rings (SSSR count). The lowest BCUT2D eigenvalue weighted by Gasteiger charge is -2.38. The van der Waals surface area contributed by atoms with Crippen molar-refractivity contribution in [3.05, 3.63) is 52.2 Å². The van der Waals surface area contributed by atoms with Gasteiger partial charge in [-0.15, -0.1) is 11.3 Å². The number of methoxy groups -OCH3 is 1. The topological polar surface area (TPSA) is 41.6 Å². The molecule has 2 heterocycles. The molecular weight excluding hydrogens is 308 g/mol. The van der Waals surface area contributed by atoms with E-state index in [1.54, 1.807) is 18.4 Å². The molecule has 122 valence electrons. The van der Waals surface area contributed by atoms with Crippen LogP contribution in [0.1, 0.15) is 29.3 Å². The average Bonchev–Trinajstić information content (AvgIpc) is 3.15. The molecule has 1 aliphatic heterocycles. The van der Waals surface area contributed by atoms with Crippen molar-refractivity contribution in [3.8, 4) is 5.75 Å². The molecule has 1 aliphatic rings. The van der Waals surface area contributed by atoms with Gasteiger partial charge in [0.05, 0.1) is 19.1 Å². The monoisotopic (exact) mass is 330 g/mol. The lowest BCUT2D eigenvalue weighted by atomic mass is 9.99. The third kappa shape index (κ3) is 3.26. The summed E-state index contributed by atoms with van der Waals surface area (Å²) in [6.07, 6.45) is 0. The van der Waals surface area contributed by atoms with Gasteiger partial charge in [0.25, 0.3) is 0 Å². The van der Waals surface area contributed by atoms with Crippen LogP contribution in [0, 0.1) is 0 Å². The normalized spacial score (nSPS) is 19.4. The highest BCUT2D eigenvalue weighted by molar-refractivity contribution is 7.10. The molecule has 1 fully saturated rings. The van der Waals surface area contributed by atoms with Crippen LogP contribution in [0.3, 0.4) is 0 Å². The second kappa shape index (κ2) is 7.15. The zero-order valence-corrected chi connectivity index (χ0v) is 14.3. The van der Waals surface area contributed by atoms with E-state index in [9.17, 15) is 4.79 Å². The number of nitrogens with zero attached hydrogens (tertiary/aromatic N) is 1. The van der Waals surface area contributed by atoms with Crippen LogP contribution in [-0.4, -0.2) is 37.6 Å². The minimum absolute atomic E-state index is 0.00909. The number of benzene rings is 1. The summed E-state index contributed by atoms with van der Waals surface area (Å²) < 4.78 is 5.50. The lowest BCUT2D eigenvalue weighted by Crippen LogP contribution is -2.49. The summed E-state index contributed by atoms with van der Waals surface area (Å²) in [6.45, 7) is 4.30. The molecule has 23 heavy (non-hydrogen) atoms. The quantitative estimate of drug-likeness (QED) is 0.937. The van der Waals surface area contributed by atoms with E-state index >= 15 is 0 Å². The first-order valence-corrected chi connectivity index (χ1v) is 8.78. The Morgan fingerprint density at radius 3 is 2.91 bits per heavy atom. The van der Waals surface area contributed by atoms with Gasteiger partial charge in [-0.25, -0.2) is 0 Å². The van der Waals surface area contributed by atoms with Crippen LogP contribution in [0.2, 0.25) is 0 Å². The molecule has 0 saturated carbocycles. The third-order valence-corrected chi connectivity index (χ3v) is 5.42. The van der Waals surface area contributed by atoms with Crippen molar-refractivity contribution in [1.29, 1.82) is 0 Å². The predicted molar refractivity (Wildman–Crippen MR) is 93.1 cm³/mol. The highest BCUT2D eigenvalue weighted by Gasteiger charge is 2.32. The van der Waals surface area contributed by atoms with Crippen molar-refractivity contribution in [2.75, 3.05) is 26.7 Å². The number of ether oxygens (including phenoxy) is 1. The molecule has 0 aliphatic carbocycles. The van der Waals surface area contributed by atoms with Gasteiger partial charge in [-0.2, -0.15) is 0 Å². The minimum Gasteiger partial charge on any atom is -0.496 e. The summed E-state index contributed by atoms with van der Waals surface area (Å²) in [7, 11) is 1.68. The Kier molecular flexibility index (Phi) is 4.98. The van der Waals surface area contributed by atoms with Crippen LogP contribution in [-0.2, 0) is 4.79 Å². The van der Waals surface area contributed by atoms with Crippen molar-refractivity contribution in [2.24, 2.45) is 0 Å². The fourth-order valence-corrected chi connectivity index (χ4v) is 3.87. The fraction of sp³-hybridized carbons (Fsp3) is 0.389. The van der Waals surface area contributed by atoms with Gasteiger partial charge in [0.2, 0.25) is 5.91 Å². The zero-order valence-electron chi connectivity index (χ0n) is 13.5. The molecule has 1 saturated heterocycles. The van der Waals surface area contributed by atoms with E-state index in [0.29, 0.717) is 0 Å². The van der Waals surface area contributed by atoms with Crippen LogP contribution in [0.25, 0.3) is 0 Å². The van der Waals surface area contributed by atoms with E-state index in [1.807, 2.05) is 53.6 Å². The SMILES string of the molecule is COc1ccccc1C1CNCCN1C(=O)C(C)c1cccs1. The summed E-state index contributed by atoms with van der Waals surface area (Å²) >= 11 is 1.64. The summed E-state index contributed by atoms with van der Waals surface area (Å²) in [4.78, 5) is 16.2. The maximum atomic E-state index is 13.0. The van der Waals surface area contributed by atoms with Crippen LogP contribution >= 0.6 is 11.3 Å². The first-order chi connectivity index (χ1) is 11.2. The number of rotatable bonds is 4. The first kappa shape index (κ1) is 16.0. The number of thiophene rings is 1.